The zero-order valence-electron chi connectivity index (χ0n) is 10.4. The molecular formula is C14H15Cl2NOS. The molecule has 2 rings (SSSR count). The Hall–Kier alpha value is -0.640. The Kier molecular flexibility index (Phi) is 5.61. The van der Waals surface area contributed by atoms with E-state index in [4.69, 9.17) is 23.2 Å². The number of hydrogen-bond acceptors (Lipinski definition) is 2. The van der Waals surface area contributed by atoms with Crippen LogP contribution in [0.1, 0.15) is 19.3 Å². The van der Waals surface area contributed by atoms with Gasteiger partial charge in [0.25, 0.3) is 0 Å². The molecule has 1 N–H and O–H groups in total. The van der Waals surface area contributed by atoms with E-state index in [1.165, 1.54) is 0 Å². The molecular weight excluding hydrogens is 301 g/mol. The van der Waals surface area contributed by atoms with Crippen LogP contribution in [0.5, 0.6) is 0 Å². The molecule has 0 aromatic heterocycles. The Balaban J connectivity index is 1.71. The van der Waals surface area contributed by atoms with Crippen molar-refractivity contribution >= 4 is 40.9 Å². The molecule has 0 atom stereocenters. The normalized spacial score (nSPS) is 14.8. The van der Waals surface area contributed by atoms with Crippen LogP contribution in [-0.4, -0.2) is 18.2 Å². The minimum Gasteiger partial charge on any atom is -0.351 e. The summed E-state index contributed by atoms with van der Waals surface area (Å²) in [7, 11) is 0. The number of allylic oxidation sites excluding steroid dienone is 1. The topological polar surface area (TPSA) is 29.1 Å². The molecule has 2 nitrogen and oxygen atoms in total. The van der Waals surface area contributed by atoms with Crippen LogP contribution in [0.4, 0.5) is 0 Å². The highest BCUT2D eigenvalue weighted by Crippen LogP contribution is 2.28. The first-order valence-corrected chi connectivity index (χ1v) is 7.95. The van der Waals surface area contributed by atoms with Gasteiger partial charge in [-0.3, -0.25) is 4.79 Å². The summed E-state index contributed by atoms with van der Waals surface area (Å²) >= 11 is 13.5. The minimum atomic E-state index is -0.0146. The van der Waals surface area contributed by atoms with Crippen LogP contribution in [0.25, 0.3) is 0 Å². The van der Waals surface area contributed by atoms with Crippen LogP contribution < -0.4 is 5.32 Å². The molecule has 0 fully saturated rings. The van der Waals surface area contributed by atoms with Crippen molar-refractivity contribution in [1.82, 2.24) is 5.32 Å². The number of benzene rings is 1. The van der Waals surface area contributed by atoms with E-state index < -0.39 is 0 Å². The lowest BCUT2D eigenvalue weighted by atomic mass is 10.2. The van der Waals surface area contributed by atoms with E-state index in [1.54, 1.807) is 11.8 Å². The van der Waals surface area contributed by atoms with E-state index in [1.807, 2.05) is 24.3 Å². The summed E-state index contributed by atoms with van der Waals surface area (Å²) in [6.07, 6.45) is 2.62. The van der Waals surface area contributed by atoms with Gasteiger partial charge in [0.15, 0.2) is 0 Å². The van der Waals surface area contributed by atoms with Crippen LogP contribution in [0.3, 0.4) is 0 Å². The Morgan fingerprint density at radius 3 is 2.58 bits per heavy atom. The molecule has 102 valence electrons. The number of rotatable bonds is 5. The van der Waals surface area contributed by atoms with E-state index in [-0.39, 0.29) is 5.91 Å². The molecule has 1 aromatic carbocycles. The zero-order valence-corrected chi connectivity index (χ0v) is 12.7. The molecule has 0 spiro atoms. The lowest BCUT2D eigenvalue weighted by Crippen LogP contribution is -2.27. The fourth-order valence-corrected chi connectivity index (χ4v) is 3.12. The molecule has 0 bridgehead atoms. The number of carbonyl (C=O) groups is 1. The molecule has 5 heteroatoms. The van der Waals surface area contributed by atoms with Gasteiger partial charge in [-0.1, -0.05) is 23.2 Å². The van der Waals surface area contributed by atoms with Crippen LogP contribution in [-0.2, 0) is 4.79 Å². The number of hydrogen-bond donors (Lipinski definition) is 1. The number of nitrogens with one attached hydrogen (secondary N) is 1. The lowest BCUT2D eigenvalue weighted by molar-refractivity contribution is -0.117. The minimum absolute atomic E-state index is 0.0146. The zero-order chi connectivity index (χ0) is 13.7. The summed E-state index contributed by atoms with van der Waals surface area (Å²) in [6, 6.07) is 7.69. The van der Waals surface area contributed by atoms with E-state index in [9.17, 15) is 4.79 Å². The Morgan fingerprint density at radius 2 is 1.95 bits per heavy atom. The molecule has 0 radical (unpaired) electrons. The number of amides is 1. The molecule has 1 aliphatic rings. The maximum atomic E-state index is 11.8. The fourth-order valence-electron chi connectivity index (χ4n) is 1.91. The molecule has 0 heterocycles. The first-order valence-electron chi connectivity index (χ1n) is 6.21. The van der Waals surface area contributed by atoms with Gasteiger partial charge in [0.2, 0.25) is 5.91 Å². The summed E-state index contributed by atoms with van der Waals surface area (Å²) in [5.74, 6) is 0.817. The van der Waals surface area contributed by atoms with Gasteiger partial charge in [-0.05, 0) is 43.5 Å². The number of halogens is 2. The maximum Gasteiger partial charge on any atom is 0.248 e. The lowest BCUT2D eigenvalue weighted by Gasteiger charge is -2.06. The number of carbonyl (C=O) groups excluding carboxylic acids is 1. The Bertz CT molecular complexity index is 485. The Labute approximate surface area is 127 Å². The summed E-state index contributed by atoms with van der Waals surface area (Å²) < 4.78 is 0. The highest BCUT2D eigenvalue weighted by Gasteiger charge is 2.18. The van der Waals surface area contributed by atoms with Gasteiger partial charge in [0.1, 0.15) is 0 Å². The van der Waals surface area contributed by atoms with E-state index in [0.29, 0.717) is 6.54 Å². The summed E-state index contributed by atoms with van der Waals surface area (Å²) in [5.41, 5.74) is 0.762. The smallest absolute Gasteiger partial charge is 0.248 e. The first-order chi connectivity index (χ1) is 9.16. The van der Waals surface area contributed by atoms with Crippen LogP contribution in [0.15, 0.2) is 39.8 Å². The van der Waals surface area contributed by atoms with E-state index in [2.05, 4.69) is 5.32 Å². The second-order valence-electron chi connectivity index (χ2n) is 4.30. The van der Waals surface area contributed by atoms with Crippen molar-refractivity contribution in [3.8, 4) is 0 Å². The third kappa shape index (κ3) is 4.44. The van der Waals surface area contributed by atoms with Gasteiger partial charge in [-0.25, -0.2) is 0 Å². The quantitative estimate of drug-likeness (QED) is 0.651. The van der Waals surface area contributed by atoms with Crippen molar-refractivity contribution in [2.45, 2.75) is 24.2 Å². The largest absolute Gasteiger partial charge is 0.351 e. The van der Waals surface area contributed by atoms with Crippen molar-refractivity contribution in [2.24, 2.45) is 0 Å². The fraction of sp³-hybridized carbons (Fsp3) is 0.357. The molecule has 1 amide bonds. The summed E-state index contributed by atoms with van der Waals surface area (Å²) in [6.45, 7) is 0.639. The molecule has 0 unspecified atom stereocenters. The van der Waals surface area contributed by atoms with Gasteiger partial charge in [-0.2, -0.15) is 0 Å². The predicted octanol–water partition coefficient (Wildman–Crippen LogP) is 4.23. The molecule has 0 saturated carbocycles. The van der Waals surface area contributed by atoms with Crippen molar-refractivity contribution in [1.29, 1.82) is 0 Å². The number of thioether (sulfide) groups is 1. The third-order valence-electron chi connectivity index (χ3n) is 2.89. The van der Waals surface area contributed by atoms with Gasteiger partial charge in [-0.15, -0.1) is 11.8 Å². The maximum absolute atomic E-state index is 11.8. The molecule has 0 aliphatic heterocycles. The third-order valence-corrected chi connectivity index (χ3v) is 4.58. The van der Waals surface area contributed by atoms with E-state index >= 15 is 0 Å². The van der Waals surface area contributed by atoms with Crippen LogP contribution in [0.2, 0.25) is 5.02 Å². The van der Waals surface area contributed by atoms with Crippen LogP contribution in [0, 0.1) is 0 Å². The van der Waals surface area contributed by atoms with Gasteiger partial charge in [0.05, 0.1) is 0 Å². The predicted molar refractivity (Wildman–Crippen MR) is 81.9 cm³/mol. The molecule has 0 saturated heterocycles. The standard InChI is InChI=1S/C14H15Cl2NOS/c15-10-4-6-11(7-5-10)19-9-8-17-14(18)12-2-1-3-13(12)16/h4-7H,1-3,8-9H2,(H,17,18). The molecule has 1 aromatic rings. The second kappa shape index (κ2) is 7.22. The first kappa shape index (κ1) is 14.8. The summed E-state index contributed by atoms with van der Waals surface area (Å²) in [4.78, 5) is 13.0. The SMILES string of the molecule is O=C(NCCSc1ccc(Cl)cc1)C1=C(Cl)CCC1. The van der Waals surface area contributed by atoms with Crippen molar-refractivity contribution in [3.05, 3.63) is 39.9 Å². The molecule has 19 heavy (non-hydrogen) atoms. The van der Waals surface area contributed by atoms with Gasteiger partial charge < -0.3 is 5.32 Å². The molecule has 1 aliphatic carbocycles. The van der Waals surface area contributed by atoms with Gasteiger partial charge >= 0.3 is 0 Å². The average molecular weight is 316 g/mol. The van der Waals surface area contributed by atoms with Crippen LogP contribution >= 0.6 is 35.0 Å². The highest BCUT2D eigenvalue weighted by molar-refractivity contribution is 7.99. The van der Waals surface area contributed by atoms with Crippen molar-refractivity contribution in [3.63, 3.8) is 0 Å². The van der Waals surface area contributed by atoms with Crippen molar-refractivity contribution < 1.29 is 4.79 Å². The van der Waals surface area contributed by atoms with E-state index in [0.717, 1.165) is 45.5 Å². The van der Waals surface area contributed by atoms with Crippen molar-refractivity contribution in [2.75, 3.05) is 12.3 Å². The summed E-state index contributed by atoms with van der Waals surface area (Å²) in [5, 5.41) is 4.37. The monoisotopic (exact) mass is 315 g/mol. The average Bonchev–Trinajstić information content (AvgIpc) is 2.83. The van der Waals surface area contributed by atoms with Gasteiger partial charge in [0, 0.05) is 32.8 Å². The Morgan fingerprint density at radius 1 is 1.21 bits per heavy atom. The second-order valence-corrected chi connectivity index (χ2v) is 6.36. The highest BCUT2D eigenvalue weighted by atomic mass is 35.5.